The summed E-state index contributed by atoms with van der Waals surface area (Å²) in [5.41, 5.74) is 4.57. The standard InChI is InChI=1S/C19H22N4/c1-14-7-9-15(10-8-14)13-23-18-16(5-3-11-20-18)21-19(23)17-6-4-12-22(17)2/h3,5,7-11,17H,4,6,12-13H2,1-2H3. The lowest BCUT2D eigenvalue weighted by Gasteiger charge is -2.20. The molecule has 0 N–H and O–H groups in total. The van der Waals surface area contributed by atoms with Gasteiger partial charge < -0.3 is 4.57 Å². The van der Waals surface area contributed by atoms with Crippen LogP contribution in [0.5, 0.6) is 0 Å². The normalized spacial score (nSPS) is 18.8. The summed E-state index contributed by atoms with van der Waals surface area (Å²) in [6.07, 6.45) is 4.27. The lowest BCUT2D eigenvalue weighted by atomic mass is 10.1. The summed E-state index contributed by atoms with van der Waals surface area (Å²) < 4.78 is 2.30. The molecule has 1 fully saturated rings. The van der Waals surface area contributed by atoms with Gasteiger partial charge in [0.25, 0.3) is 0 Å². The van der Waals surface area contributed by atoms with E-state index < -0.39 is 0 Å². The number of aromatic nitrogens is 3. The Morgan fingerprint density at radius 1 is 1.17 bits per heavy atom. The Morgan fingerprint density at radius 3 is 2.74 bits per heavy atom. The molecule has 1 saturated heterocycles. The highest BCUT2D eigenvalue weighted by molar-refractivity contribution is 5.71. The van der Waals surface area contributed by atoms with Crippen molar-refractivity contribution in [1.29, 1.82) is 0 Å². The third-order valence-corrected chi connectivity index (χ3v) is 4.81. The summed E-state index contributed by atoms with van der Waals surface area (Å²) in [6, 6.07) is 13.2. The van der Waals surface area contributed by atoms with Crippen molar-refractivity contribution in [2.24, 2.45) is 0 Å². The molecule has 1 aliphatic heterocycles. The molecular weight excluding hydrogens is 284 g/mol. The average molecular weight is 306 g/mol. The van der Waals surface area contributed by atoms with Crippen LogP contribution in [0, 0.1) is 6.92 Å². The Morgan fingerprint density at radius 2 is 2.00 bits per heavy atom. The van der Waals surface area contributed by atoms with Crippen LogP contribution in [0.2, 0.25) is 0 Å². The predicted molar refractivity (Wildman–Crippen MR) is 92.4 cm³/mol. The first-order valence-corrected chi connectivity index (χ1v) is 8.29. The monoisotopic (exact) mass is 306 g/mol. The van der Waals surface area contributed by atoms with Gasteiger partial charge in [-0.25, -0.2) is 9.97 Å². The zero-order valence-electron chi connectivity index (χ0n) is 13.7. The van der Waals surface area contributed by atoms with Crippen molar-refractivity contribution in [3.05, 3.63) is 59.5 Å². The number of benzene rings is 1. The molecule has 118 valence electrons. The van der Waals surface area contributed by atoms with Gasteiger partial charge in [0.15, 0.2) is 5.65 Å². The fraction of sp³-hybridized carbons (Fsp3) is 0.368. The minimum atomic E-state index is 0.398. The van der Waals surface area contributed by atoms with Crippen molar-refractivity contribution in [1.82, 2.24) is 19.4 Å². The quantitative estimate of drug-likeness (QED) is 0.742. The van der Waals surface area contributed by atoms with Crippen LogP contribution in [-0.2, 0) is 6.54 Å². The van der Waals surface area contributed by atoms with Crippen LogP contribution in [0.4, 0.5) is 0 Å². The van der Waals surface area contributed by atoms with Crippen LogP contribution in [0.3, 0.4) is 0 Å². The molecule has 0 aliphatic carbocycles. The largest absolute Gasteiger partial charge is 0.307 e. The molecule has 4 nitrogen and oxygen atoms in total. The van der Waals surface area contributed by atoms with Crippen molar-refractivity contribution in [3.63, 3.8) is 0 Å². The van der Waals surface area contributed by atoms with E-state index in [9.17, 15) is 0 Å². The van der Waals surface area contributed by atoms with Crippen molar-refractivity contribution < 1.29 is 0 Å². The second-order valence-corrected chi connectivity index (χ2v) is 6.53. The molecule has 2 aromatic heterocycles. The fourth-order valence-corrected chi connectivity index (χ4v) is 3.50. The maximum Gasteiger partial charge on any atom is 0.160 e. The first-order chi connectivity index (χ1) is 11.2. The van der Waals surface area contributed by atoms with Gasteiger partial charge in [-0.05, 0) is 51.1 Å². The molecule has 3 aromatic rings. The summed E-state index contributed by atoms with van der Waals surface area (Å²) in [6.45, 7) is 4.09. The number of likely N-dealkylation sites (tertiary alicyclic amines) is 1. The summed E-state index contributed by atoms with van der Waals surface area (Å²) in [4.78, 5) is 11.9. The molecule has 0 saturated carbocycles. The topological polar surface area (TPSA) is 34.0 Å². The Labute approximate surface area is 136 Å². The van der Waals surface area contributed by atoms with Gasteiger partial charge in [-0.1, -0.05) is 29.8 Å². The summed E-state index contributed by atoms with van der Waals surface area (Å²) in [7, 11) is 2.20. The van der Waals surface area contributed by atoms with E-state index in [1.165, 1.54) is 24.0 Å². The number of pyridine rings is 1. The molecule has 1 aromatic carbocycles. The van der Waals surface area contributed by atoms with Gasteiger partial charge in [-0.15, -0.1) is 0 Å². The smallest absolute Gasteiger partial charge is 0.160 e. The molecule has 3 heterocycles. The van der Waals surface area contributed by atoms with Crippen molar-refractivity contribution in [2.75, 3.05) is 13.6 Å². The molecule has 1 aliphatic rings. The fourth-order valence-electron chi connectivity index (χ4n) is 3.50. The number of nitrogens with zero attached hydrogens (tertiary/aromatic N) is 4. The van der Waals surface area contributed by atoms with Crippen molar-refractivity contribution >= 4 is 11.2 Å². The van der Waals surface area contributed by atoms with Crippen LogP contribution in [0.25, 0.3) is 11.2 Å². The van der Waals surface area contributed by atoms with Crippen LogP contribution in [-0.4, -0.2) is 33.0 Å². The Hall–Kier alpha value is -2.20. The first kappa shape index (κ1) is 14.4. The molecule has 0 bridgehead atoms. The molecule has 0 radical (unpaired) electrons. The van der Waals surface area contributed by atoms with E-state index in [2.05, 4.69) is 58.8 Å². The number of hydrogen-bond acceptors (Lipinski definition) is 3. The van der Waals surface area contributed by atoms with Crippen LogP contribution in [0.15, 0.2) is 42.6 Å². The highest BCUT2D eigenvalue weighted by Crippen LogP contribution is 2.32. The third kappa shape index (κ3) is 2.63. The second-order valence-electron chi connectivity index (χ2n) is 6.53. The number of hydrogen-bond donors (Lipinski definition) is 0. The number of aryl methyl sites for hydroxylation is 1. The SMILES string of the molecule is Cc1ccc(Cn2c(C3CCCN3C)nc3cccnc32)cc1. The molecule has 23 heavy (non-hydrogen) atoms. The minimum Gasteiger partial charge on any atom is -0.307 e. The maximum absolute atomic E-state index is 4.92. The molecule has 1 unspecified atom stereocenters. The Kier molecular flexibility index (Phi) is 3.62. The average Bonchev–Trinajstić information content (AvgIpc) is 3.13. The molecule has 0 amide bonds. The highest BCUT2D eigenvalue weighted by atomic mass is 15.2. The minimum absolute atomic E-state index is 0.398. The van der Waals surface area contributed by atoms with Crippen LogP contribution < -0.4 is 0 Å². The third-order valence-electron chi connectivity index (χ3n) is 4.81. The Balaban J connectivity index is 1.80. The predicted octanol–water partition coefficient (Wildman–Crippen LogP) is 3.55. The molecule has 0 spiro atoms. The van der Waals surface area contributed by atoms with Crippen molar-refractivity contribution in [3.8, 4) is 0 Å². The van der Waals surface area contributed by atoms with Gasteiger partial charge in [-0.3, -0.25) is 4.90 Å². The molecule has 4 heteroatoms. The maximum atomic E-state index is 4.92. The van der Waals surface area contributed by atoms with Gasteiger partial charge in [0.2, 0.25) is 0 Å². The summed E-state index contributed by atoms with van der Waals surface area (Å²) in [5, 5.41) is 0. The van der Waals surface area contributed by atoms with E-state index in [0.29, 0.717) is 6.04 Å². The van der Waals surface area contributed by atoms with Gasteiger partial charge in [0, 0.05) is 6.20 Å². The zero-order chi connectivity index (χ0) is 15.8. The second kappa shape index (κ2) is 5.78. The van der Waals surface area contributed by atoms with E-state index in [4.69, 9.17) is 4.98 Å². The number of fused-ring (bicyclic) bond motifs is 1. The molecule has 4 rings (SSSR count). The van der Waals surface area contributed by atoms with Gasteiger partial charge in [-0.2, -0.15) is 0 Å². The van der Waals surface area contributed by atoms with E-state index in [1.54, 1.807) is 0 Å². The number of imidazole rings is 1. The van der Waals surface area contributed by atoms with Crippen LogP contribution >= 0.6 is 0 Å². The van der Waals surface area contributed by atoms with Crippen molar-refractivity contribution in [2.45, 2.75) is 32.4 Å². The van der Waals surface area contributed by atoms with Gasteiger partial charge in [0.05, 0.1) is 12.6 Å². The summed E-state index contributed by atoms with van der Waals surface area (Å²) >= 11 is 0. The molecular formula is C19H22N4. The van der Waals surface area contributed by atoms with Gasteiger partial charge >= 0.3 is 0 Å². The van der Waals surface area contributed by atoms with E-state index in [0.717, 1.165) is 30.1 Å². The van der Waals surface area contributed by atoms with Crippen LogP contribution in [0.1, 0.15) is 35.8 Å². The zero-order valence-corrected chi connectivity index (χ0v) is 13.7. The van der Waals surface area contributed by atoms with E-state index >= 15 is 0 Å². The summed E-state index contributed by atoms with van der Waals surface area (Å²) in [5.74, 6) is 1.15. The van der Waals surface area contributed by atoms with Gasteiger partial charge in [0.1, 0.15) is 11.3 Å². The molecule has 1 atom stereocenters. The highest BCUT2D eigenvalue weighted by Gasteiger charge is 2.28. The Bertz CT molecular complexity index is 819. The lowest BCUT2D eigenvalue weighted by molar-refractivity contribution is 0.300. The number of rotatable bonds is 3. The first-order valence-electron chi connectivity index (χ1n) is 8.29. The lowest BCUT2D eigenvalue weighted by Crippen LogP contribution is -2.21. The van der Waals surface area contributed by atoms with E-state index in [1.807, 2.05) is 12.3 Å². The van der Waals surface area contributed by atoms with E-state index in [-0.39, 0.29) is 0 Å².